The number of ketones is 1. The van der Waals surface area contributed by atoms with Crippen molar-refractivity contribution >= 4 is 17.4 Å². The van der Waals surface area contributed by atoms with Crippen molar-refractivity contribution in [2.75, 3.05) is 0 Å². The average Bonchev–Trinajstić information content (AvgIpc) is 2.81. The molecular weight excluding hydrogens is 331 g/mol. The van der Waals surface area contributed by atoms with Crippen LogP contribution >= 0.6 is 11.6 Å². The predicted molar refractivity (Wildman–Crippen MR) is 89.9 cm³/mol. The number of halogens is 2. The highest BCUT2D eigenvalue weighted by Crippen LogP contribution is 2.35. The Kier molecular flexibility index (Phi) is 4.11. The monoisotopic (exact) mass is 344 g/mol. The highest BCUT2D eigenvalue weighted by atomic mass is 35.5. The molecule has 0 amide bonds. The minimum atomic E-state index is -0.459. The Morgan fingerprint density at radius 2 is 1.96 bits per heavy atom. The van der Waals surface area contributed by atoms with Crippen molar-refractivity contribution in [2.45, 2.75) is 6.92 Å². The molecule has 4 nitrogen and oxygen atoms in total. The minimum absolute atomic E-state index is 0.113. The molecule has 0 fully saturated rings. The quantitative estimate of drug-likeness (QED) is 0.727. The van der Waals surface area contributed by atoms with Crippen LogP contribution in [0.1, 0.15) is 21.7 Å². The molecule has 0 saturated carbocycles. The summed E-state index contributed by atoms with van der Waals surface area (Å²) in [5, 5.41) is 14.4. The van der Waals surface area contributed by atoms with E-state index < -0.39 is 5.82 Å². The first-order chi connectivity index (χ1) is 11.4. The average molecular weight is 345 g/mol. The van der Waals surface area contributed by atoms with E-state index in [4.69, 9.17) is 11.6 Å². The Labute approximate surface area is 143 Å². The van der Waals surface area contributed by atoms with Gasteiger partial charge >= 0.3 is 0 Å². The first kappa shape index (κ1) is 16.2. The highest BCUT2D eigenvalue weighted by Gasteiger charge is 2.25. The predicted octanol–water partition coefficient (Wildman–Crippen LogP) is 4.12. The van der Waals surface area contributed by atoms with Gasteiger partial charge in [0.2, 0.25) is 5.78 Å². The Hall–Kier alpha value is -2.66. The van der Waals surface area contributed by atoms with Gasteiger partial charge in [0.15, 0.2) is 0 Å². The molecule has 0 bridgehead atoms. The van der Waals surface area contributed by atoms with Crippen LogP contribution in [0.2, 0.25) is 5.02 Å². The SMILES string of the molecule is Cc1nn(C)c(C(=O)c2ccccc2O)c1-c1ccc(F)cc1Cl. The van der Waals surface area contributed by atoms with E-state index in [1.54, 1.807) is 26.1 Å². The molecule has 0 aliphatic carbocycles. The number of benzene rings is 2. The Balaban J connectivity index is 2.23. The van der Waals surface area contributed by atoms with Crippen LogP contribution in [0.25, 0.3) is 11.1 Å². The van der Waals surface area contributed by atoms with Gasteiger partial charge in [0.25, 0.3) is 0 Å². The lowest BCUT2D eigenvalue weighted by Crippen LogP contribution is -2.10. The maximum absolute atomic E-state index is 13.3. The zero-order valence-corrected chi connectivity index (χ0v) is 13.8. The Morgan fingerprint density at radius 3 is 2.62 bits per heavy atom. The molecule has 1 aromatic heterocycles. The van der Waals surface area contributed by atoms with Gasteiger partial charge in [0.05, 0.1) is 16.3 Å². The number of carbonyl (C=O) groups excluding carboxylic acids is 1. The van der Waals surface area contributed by atoms with E-state index in [-0.39, 0.29) is 27.8 Å². The number of rotatable bonds is 3. The summed E-state index contributed by atoms with van der Waals surface area (Å²) in [7, 11) is 1.64. The number of aryl methyl sites for hydroxylation is 2. The van der Waals surface area contributed by atoms with Crippen molar-refractivity contribution in [3.05, 3.63) is 70.3 Å². The smallest absolute Gasteiger partial charge is 0.215 e. The standard InChI is InChI=1S/C18H14ClFN2O2/c1-10-16(12-8-7-11(20)9-14(12)19)17(22(2)21-10)18(24)13-5-3-4-6-15(13)23/h3-9,23H,1-2H3. The van der Waals surface area contributed by atoms with Gasteiger partial charge in [-0.05, 0) is 37.3 Å². The fourth-order valence-electron chi connectivity index (χ4n) is 2.73. The zero-order valence-electron chi connectivity index (χ0n) is 13.0. The molecule has 0 spiro atoms. The second-order valence-corrected chi connectivity index (χ2v) is 5.81. The summed E-state index contributed by atoms with van der Waals surface area (Å²) in [5.74, 6) is -0.956. The summed E-state index contributed by atoms with van der Waals surface area (Å²) in [6.07, 6.45) is 0. The number of hydrogen-bond donors (Lipinski definition) is 1. The van der Waals surface area contributed by atoms with Gasteiger partial charge in [-0.1, -0.05) is 23.7 Å². The third-order valence-corrected chi connectivity index (χ3v) is 4.10. The third kappa shape index (κ3) is 2.67. The van der Waals surface area contributed by atoms with Crippen molar-refractivity contribution in [1.29, 1.82) is 0 Å². The molecule has 1 N–H and O–H groups in total. The molecule has 6 heteroatoms. The van der Waals surface area contributed by atoms with Crippen LogP contribution in [0.5, 0.6) is 5.75 Å². The van der Waals surface area contributed by atoms with Crippen molar-refractivity contribution in [2.24, 2.45) is 7.05 Å². The largest absolute Gasteiger partial charge is 0.507 e. The van der Waals surface area contributed by atoms with Gasteiger partial charge in [-0.2, -0.15) is 5.10 Å². The summed E-state index contributed by atoms with van der Waals surface area (Å²) in [5.41, 5.74) is 2.07. The highest BCUT2D eigenvalue weighted by molar-refractivity contribution is 6.33. The van der Waals surface area contributed by atoms with Crippen molar-refractivity contribution in [3.63, 3.8) is 0 Å². The van der Waals surface area contributed by atoms with Gasteiger partial charge in [-0.15, -0.1) is 0 Å². The van der Waals surface area contributed by atoms with E-state index in [2.05, 4.69) is 5.10 Å². The van der Waals surface area contributed by atoms with E-state index in [1.165, 1.54) is 35.0 Å². The third-order valence-electron chi connectivity index (χ3n) is 3.79. The molecule has 3 aromatic rings. The molecule has 0 radical (unpaired) electrons. The van der Waals surface area contributed by atoms with Gasteiger partial charge in [-0.25, -0.2) is 4.39 Å². The number of phenols is 1. The molecule has 0 aliphatic rings. The molecule has 24 heavy (non-hydrogen) atoms. The molecule has 0 saturated heterocycles. The van der Waals surface area contributed by atoms with Crippen molar-refractivity contribution in [3.8, 4) is 16.9 Å². The number of aromatic nitrogens is 2. The maximum atomic E-state index is 13.3. The lowest BCUT2D eigenvalue weighted by Gasteiger charge is -2.09. The van der Waals surface area contributed by atoms with E-state index in [1.807, 2.05) is 0 Å². The molecule has 3 rings (SSSR count). The fraction of sp³-hybridized carbons (Fsp3) is 0.111. The molecule has 0 aliphatic heterocycles. The van der Waals surface area contributed by atoms with Gasteiger partial charge in [0.1, 0.15) is 17.3 Å². The summed E-state index contributed by atoms with van der Waals surface area (Å²) in [6.45, 7) is 1.75. The topological polar surface area (TPSA) is 55.1 Å². The maximum Gasteiger partial charge on any atom is 0.215 e. The summed E-state index contributed by atoms with van der Waals surface area (Å²) in [6, 6.07) is 10.3. The van der Waals surface area contributed by atoms with Crippen LogP contribution in [0.3, 0.4) is 0 Å². The van der Waals surface area contributed by atoms with Crippen LogP contribution in [0, 0.1) is 12.7 Å². The zero-order chi connectivity index (χ0) is 17.4. The summed E-state index contributed by atoms with van der Waals surface area (Å²) >= 11 is 6.16. The Bertz CT molecular complexity index is 950. The molecule has 2 aromatic carbocycles. The molecule has 122 valence electrons. The van der Waals surface area contributed by atoms with Gasteiger partial charge < -0.3 is 5.11 Å². The van der Waals surface area contributed by atoms with Crippen LogP contribution in [-0.2, 0) is 7.05 Å². The number of nitrogens with zero attached hydrogens (tertiary/aromatic N) is 2. The summed E-state index contributed by atoms with van der Waals surface area (Å²) < 4.78 is 14.8. The van der Waals surface area contributed by atoms with E-state index in [0.717, 1.165) is 0 Å². The summed E-state index contributed by atoms with van der Waals surface area (Å²) in [4.78, 5) is 12.9. The van der Waals surface area contributed by atoms with Crippen LogP contribution in [-0.4, -0.2) is 20.7 Å². The van der Waals surface area contributed by atoms with E-state index >= 15 is 0 Å². The van der Waals surface area contributed by atoms with Crippen LogP contribution in [0.15, 0.2) is 42.5 Å². The number of carbonyl (C=O) groups is 1. The normalized spacial score (nSPS) is 10.8. The molecule has 0 unspecified atom stereocenters. The van der Waals surface area contributed by atoms with E-state index in [0.29, 0.717) is 16.8 Å². The lowest BCUT2D eigenvalue weighted by molar-refractivity contribution is 0.102. The molecule has 1 heterocycles. The second kappa shape index (κ2) is 6.09. The number of para-hydroxylation sites is 1. The minimum Gasteiger partial charge on any atom is -0.507 e. The first-order valence-corrected chi connectivity index (χ1v) is 7.59. The van der Waals surface area contributed by atoms with Gasteiger partial charge in [-0.3, -0.25) is 9.48 Å². The van der Waals surface area contributed by atoms with Crippen molar-refractivity contribution < 1.29 is 14.3 Å². The van der Waals surface area contributed by atoms with Crippen LogP contribution < -0.4 is 0 Å². The number of aromatic hydroxyl groups is 1. The van der Waals surface area contributed by atoms with Crippen LogP contribution in [0.4, 0.5) is 4.39 Å². The van der Waals surface area contributed by atoms with Gasteiger partial charge in [0, 0.05) is 18.2 Å². The van der Waals surface area contributed by atoms with Crippen molar-refractivity contribution in [1.82, 2.24) is 9.78 Å². The van der Waals surface area contributed by atoms with E-state index in [9.17, 15) is 14.3 Å². The lowest BCUT2D eigenvalue weighted by atomic mass is 9.97. The number of hydrogen-bond acceptors (Lipinski definition) is 3. The fourth-order valence-corrected chi connectivity index (χ4v) is 2.99. The number of phenolic OH excluding ortho intramolecular Hbond substituents is 1. The molecule has 0 atom stereocenters. The second-order valence-electron chi connectivity index (χ2n) is 5.40. The molecular formula is C18H14ClFN2O2. The Morgan fingerprint density at radius 1 is 1.25 bits per heavy atom. The first-order valence-electron chi connectivity index (χ1n) is 7.22.